The van der Waals surface area contributed by atoms with Crippen LogP contribution in [0, 0.1) is 6.92 Å². The first kappa shape index (κ1) is 17.2. The lowest BCUT2D eigenvalue weighted by Gasteiger charge is -2.10. The number of amides is 1. The van der Waals surface area contributed by atoms with Crippen LogP contribution in [0.1, 0.15) is 5.82 Å². The van der Waals surface area contributed by atoms with Gasteiger partial charge in [-0.2, -0.15) is 0 Å². The average molecular weight is 380 g/mol. The van der Waals surface area contributed by atoms with Crippen molar-refractivity contribution in [3.8, 4) is 5.75 Å². The molecule has 27 heavy (non-hydrogen) atoms. The number of pyridine rings is 1. The molecule has 4 aromatic rings. The highest BCUT2D eigenvalue weighted by Crippen LogP contribution is 2.28. The van der Waals surface area contributed by atoms with E-state index in [-0.39, 0.29) is 18.0 Å². The zero-order valence-corrected chi connectivity index (χ0v) is 15.5. The second-order valence-electron chi connectivity index (χ2n) is 5.96. The molecule has 0 atom stereocenters. The molecule has 0 unspecified atom stereocenters. The highest BCUT2D eigenvalue weighted by atomic mass is 32.1. The number of aromatic nitrogens is 3. The topological polar surface area (TPSA) is 86.1 Å². The molecule has 0 aliphatic heterocycles. The van der Waals surface area contributed by atoms with Gasteiger partial charge in [-0.25, -0.2) is 9.97 Å². The van der Waals surface area contributed by atoms with Crippen molar-refractivity contribution in [3.05, 3.63) is 58.8 Å². The zero-order valence-electron chi connectivity index (χ0n) is 14.7. The van der Waals surface area contributed by atoms with E-state index < -0.39 is 0 Å². The molecule has 1 amide bonds. The number of carbonyl (C=O) groups excluding carboxylic acids is 1. The van der Waals surface area contributed by atoms with Crippen LogP contribution < -0.4 is 15.6 Å². The molecule has 8 heteroatoms. The van der Waals surface area contributed by atoms with Gasteiger partial charge in [-0.15, -0.1) is 11.3 Å². The van der Waals surface area contributed by atoms with Crippen LogP contribution in [0.15, 0.2) is 47.4 Å². The lowest BCUT2D eigenvalue weighted by Crippen LogP contribution is -2.29. The van der Waals surface area contributed by atoms with Gasteiger partial charge in [0.25, 0.3) is 5.56 Å². The number of hydrogen-bond donors (Lipinski definition) is 1. The first-order valence-corrected chi connectivity index (χ1v) is 9.07. The summed E-state index contributed by atoms with van der Waals surface area (Å²) in [6.45, 7) is 1.61. The Labute approximate surface area is 158 Å². The number of anilines is 1. The van der Waals surface area contributed by atoms with E-state index >= 15 is 0 Å². The van der Waals surface area contributed by atoms with Crippen LogP contribution in [0.5, 0.6) is 5.75 Å². The Morgan fingerprint density at radius 2 is 2.04 bits per heavy atom. The normalized spacial score (nSPS) is 11.0. The van der Waals surface area contributed by atoms with Gasteiger partial charge in [-0.1, -0.05) is 0 Å². The lowest BCUT2D eigenvalue weighted by molar-refractivity contribution is -0.116. The second-order valence-corrected chi connectivity index (χ2v) is 6.96. The van der Waals surface area contributed by atoms with Gasteiger partial charge in [0.05, 0.1) is 12.6 Å². The van der Waals surface area contributed by atoms with Crippen molar-refractivity contribution < 1.29 is 9.53 Å². The summed E-state index contributed by atoms with van der Waals surface area (Å²) in [4.78, 5) is 34.9. The maximum absolute atomic E-state index is 12.9. The summed E-state index contributed by atoms with van der Waals surface area (Å²) < 4.78 is 6.99. The minimum Gasteiger partial charge on any atom is -0.497 e. The Hall–Kier alpha value is -3.26. The predicted octanol–water partition coefficient (Wildman–Crippen LogP) is 2.96. The van der Waals surface area contributed by atoms with Crippen molar-refractivity contribution in [1.82, 2.24) is 14.5 Å². The first-order valence-electron chi connectivity index (χ1n) is 8.25. The van der Waals surface area contributed by atoms with Gasteiger partial charge in [0.2, 0.25) is 5.91 Å². The minimum atomic E-state index is -0.300. The molecule has 3 heterocycles. The maximum Gasteiger partial charge on any atom is 0.272 e. The van der Waals surface area contributed by atoms with Crippen LogP contribution in [0.4, 0.5) is 5.69 Å². The number of thiophene rings is 1. The Balaban J connectivity index is 1.65. The third-order valence-electron chi connectivity index (χ3n) is 4.22. The summed E-state index contributed by atoms with van der Waals surface area (Å²) in [6, 6.07) is 10.7. The number of ether oxygens (including phenoxy) is 1. The van der Waals surface area contributed by atoms with Crippen molar-refractivity contribution in [2.24, 2.45) is 0 Å². The van der Waals surface area contributed by atoms with Gasteiger partial charge in [-0.05, 0) is 43.3 Å². The number of nitrogens with one attached hydrogen (secondary N) is 1. The smallest absolute Gasteiger partial charge is 0.272 e. The van der Waals surface area contributed by atoms with E-state index in [0.29, 0.717) is 27.5 Å². The van der Waals surface area contributed by atoms with Gasteiger partial charge in [0.15, 0.2) is 0 Å². The van der Waals surface area contributed by atoms with Gasteiger partial charge in [0, 0.05) is 17.3 Å². The summed E-state index contributed by atoms with van der Waals surface area (Å²) in [5, 5.41) is 3.63. The summed E-state index contributed by atoms with van der Waals surface area (Å²) in [5.74, 6) is 0.889. The molecular weight excluding hydrogens is 364 g/mol. The second kappa shape index (κ2) is 6.81. The molecule has 0 fully saturated rings. The Morgan fingerprint density at radius 3 is 2.78 bits per heavy atom. The zero-order chi connectivity index (χ0) is 19.0. The summed E-state index contributed by atoms with van der Waals surface area (Å²) in [6.07, 6.45) is 1.69. The van der Waals surface area contributed by atoms with Crippen LogP contribution >= 0.6 is 11.3 Å². The van der Waals surface area contributed by atoms with E-state index in [1.54, 1.807) is 44.5 Å². The molecule has 0 aliphatic carbocycles. The van der Waals surface area contributed by atoms with Crippen molar-refractivity contribution in [3.63, 3.8) is 0 Å². The van der Waals surface area contributed by atoms with E-state index in [0.717, 1.165) is 10.2 Å². The number of hydrogen-bond acceptors (Lipinski definition) is 6. The molecule has 136 valence electrons. The maximum atomic E-state index is 12.9. The van der Waals surface area contributed by atoms with Gasteiger partial charge in [0.1, 0.15) is 27.6 Å². The third kappa shape index (κ3) is 3.15. The van der Waals surface area contributed by atoms with Gasteiger partial charge < -0.3 is 10.1 Å². The van der Waals surface area contributed by atoms with E-state index in [2.05, 4.69) is 15.3 Å². The average Bonchev–Trinajstić information content (AvgIpc) is 3.04. The molecule has 1 aromatic carbocycles. The SMILES string of the molecule is COc1ccc(NC(=O)Cn2c(C)nc3c(sc4ncccc43)c2=O)cc1. The fourth-order valence-corrected chi connectivity index (χ4v) is 3.90. The van der Waals surface area contributed by atoms with Crippen LogP contribution in [0.2, 0.25) is 0 Å². The van der Waals surface area contributed by atoms with E-state index in [4.69, 9.17) is 4.74 Å². The highest BCUT2D eigenvalue weighted by Gasteiger charge is 2.16. The molecule has 1 N–H and O–H groups in total. The van der Waals surface area contributed by atoms with Crippen molar-refractivity contribution in [2.45, 2.75) is 13.5 Å². The molecule has 0 bridgehead atoms. The highest BCUT2D eigenvalue weighted by molar-refractivity contribution is 7.25. The molecular formula is C19H16N4O3S. The lowest BCUT2D eigenvalue weighted by atomic mass is 10.3. The van der Waals surface area contributed by atoms with Crippen molar-refractivity contribution in [2.75, 3.05) is 12.4 Å². The number of benzene rings is 1. The largest absolute Gasteiger partial charge is 0.497 e. The molecule has 7 nitrogen and oxygen atoms in total. The number of carbonyl (C=O) groups is 1. The number of rotatable bonds is 4. The number of fused-ring (bicyclic) bond motifs is 3. The van der Waals surface area contributed by atoms with Gasteiger partial charge in [-0.3, -0.25) is 14.2 Å². The number of aryl methyl sites for hydroxylation is 1. The molecule has 0 spiro atoms. The van der Waals surface area contributed by atoms with Crippen LogP contribution in [0.25, 0.3) is 20.4 Å². The van der Waals surface area contributed by atoms with Crippen molar-refractivity contribution >= 4 is 43.4 Å². The predicted molar refractivity (Wildman–Crippen MR) is 106 cm³/mol. The fourth-order valence-electron chi connectivity index (χ4n) is 2.87. The molecule has 3 aromatic heterocycles. The molecule has 0 aliphatic rings. The van der Waals surface area contributed by atoms with Crippen LogP contribution in [0.3, 0.4) is 0 Å². The van der Waals surface area contributed by atoms with E-state index in [1.165, 1.54) is 15.9 Å². The fraction of sp³-hybridized carbons (Fsp3) is 0.158. The molecule has 0 saturated heterocycles. The number of nitrogens with zero attached hydrogens (tertiary/aromatic N) is 3. The molecule has 0 saturated carbocycles. The minimum absolute atomic E-state index is 0.110. The van der Waals surface area contributed by atoms with Crippen LogP contribution in [-0.2, 0) is 11.3 Å². The Bertz CT molecular complexity index is 1210. The number of methoxy groups -OCH3 is 1. The summed E-state index contributed by atoms with van der Waals surface area (Å²) in [5.41, 5.74) is 1.04. The summed E-state index contributed by atoms with van der Waals surface area (Å²) in [7, 11) is 1.58. The van der Waals surface area contributed by atoms with Crippen molar-refractivity contribution in [1.29, 1.82) is 0 Å². The summed E-state index contributed by atoms with van der Waals surface area (Å²) >= 11 is 1.29. The molecule has 0 radical (unpaired) electrons. The van der Waals surface area contributed by atoms with E-state index in [9.17, 15) is 9.59 Å². The standard InChI is InChI=1S/C19H16N4O3S/c1-11-21-16-14-4-3-9-20-18(14)27-17(16)19(25)23(11)10-15(24)22-12-5-7-13(26-2)8-6-12/h3-9H,10H2,1-2H3,(H,22,24). The first-order chi connectivity index (χ1) is 13.1. The Morgan fingerprint density at radius 1 is 1.26 bits per heavy atom. The molecule has 4 rings (SSSR count). The van der Waals surface area contributed by atoms with Gasteiger partial charge >= 0.3 is 0 Å². The Kier molecular flexibility index (Phi) is 4.33. The third-order valence-corrected chi connectivity index (χ3v) is 5.31. The quantitative estimate of drug-likeness (QED) is 0.588. The van der Waals surface area contributed by atoms with E-state index in [1.807, 2.05) is 12.1 Å². The monoisotopic (exact) mass is 380 g/mol. The van der Waals surface area contributed by atoms with Crippen LogP contribution in [-0.4, -0.2) is 27.6 Å².